The van der Waals surface area contributed by atoms with Crippen molar-refractivity contribution in [2.24, 2.45) is 0 Å². The second-order valence-corrected chi connectivity index (χ2v) is 2.91. The van der Waals surface area contributed by atoms with Crippen LogP contribution >= 0.6 is 22.9 Å². The summed E-state index contributed by atoms with van der Waals surface area (Å²) in [4.78, 5) is 9.50. The highest BCUT2D eigenvalue weighted by molar-refractivity contribution is 7.14. The lowest BCUT2D eigenvalue weighted by Crippen LogP contribution is -1.81. The molecular formula is C4H2ClNO2S. The monoisotopic (exact) mass is 163 g/mol. The van der Waals surface area contributed by atoms with Crippen molar-refractivity contribution in [3.8, 4) is 0 Å². The summed E-state index contributed by atoms with van der Waals surface area (Å²) < 4.78 is 0.446. The van der Waals surface area contributed by atoms with Gasteiger partial charge < -0.3 is 0 Å². The van der Waals surface area contributed by atoms with Gasteiger partial charge >= 0.3 is 0 Å². The van der Waals surface area contributed by atoms with Gasteiger partial charge in [0.1, 0.15) is 0 Å². The summed E-state index contributed by atoms with van der Waals surface area (Å²) in [6.45, 7) is 0. The maximum Gasteiger partial charge on any atom is 0.281 e. The molecular weight excluding hydrogens is 162 g/mol. The third-order valence-corrected chi connectivity index (χ3v) is 1.84. The van der Waals surface area contributed by atoms with Crippen molar-refractivity contribution in [2.75, 3.05) is 0 Å². The number of hydrogen-bond donors (Lipinski definition) is 0. The van der Waals surface area contributed by atoms with E-state index in [9.17, 15) is 10.1 Å². The molecule has 9 heavy (non-hydrogen) atoms. The molecule has 0 saturated carbocycles. The Morgan fingerprint density at radius 1 is 1.78 bits per heavy atom. The summed E-state index contributed by atoms with van der Waals surface area (Å²) in [5, 5.41) is 11.4. The largest absolute Gasteiger partial charge is 0.281 e. The maximum atomic E-state index is 9.97. The summed E-state index contributed by atoms with van der Waals surface area (Å²) in [5.74, 6) is 0. The molecule has 1 rings (SSSR count). The SMILES string of the molecule is O=[N+]([O-])c1csc(Cl)c1. The number of thiophene rings is 1. The van der Waals surface area contributed by atoms with E-state index in [0.717, 1.165) is 11.3 Å². The van der Waals surface area contributed by atoms with E-state index in [4.69, 9.17) is 11.6 Å². The first-order valence-electron chi connectivity index (χ1n) is 2.08. The van der Waals surface area contributed by atoms with E-state index in [-0.39, 0.29) is 5.69 Å². The van der Waals surface area contributed by atoms with Gasteiger partial charge in [0.25, 0.3) is 5.69 Å². The van der Waals surface area contributed by atoms with Crippen molar-refractivity contribution in [2.45, 2.75) is 0 Å². The summed E-state index contributed by atoms with van der Waals surface area (Å²) >= 11 is 6.58. The van der Waals surface area contributed by atoms with Crippen molar-refractivity contribution in [1.29, 1.82) is 0 Å². The van der Waals surface area contributed by atoms with Crippen LogP contribution in [0.3, 0.4) is 0 Å². The van der Waals surface area contributed by atoms with Crippen LogP contribution in [0.25, 0.3) is 0 Å². The van der Waals surface area contributed by atoms with Crippen molar-refractivity contribution < 1.29 is 4.92 Å². The van der Waals surface area contributed by atoms with E-state index in [2.05, 4.69) is 0 Å². The van der Waals surface area contributed by atoms with E-state index in [1.165, 1.54) is 11.4 Å². The molecule has 5 heteroatoms. The zero-order valence-corrected chi connectivity index (χ0v) is 5.78. The Labute approximate surface area is 60.0 Å². The fourth-order valence-electron chi connectivity index (χ4n) is 0.397. The number of halogens is 1. The minimum atomic E-state index is -0.470. The molecule has 0 bridgehead atoms. The third kappa shape index (κ3) is 1.40. The van der Waals surface area contributed by atoms with E-state index < -0.39 is 4.92 Å². The molecule has 0 aliphatic rings. The lowest BCUT2D eigenvalue weighted by molar-refractivity contribution is -0.384. The molecule has 48 valence electrons. The Hall–Kier alpha value is -0.610. The van der Waals surface area contributed by atoms with Crippen LogP contribution in [0.1, 0.15) is 0 Å². The normalized spacial score (nSPS) is 9.44. The molecule has 1 aromatic rings. The predicted octanol–water partition coefficient (Wildman–Crippen LogP) is 2.31. The molecule has 0 fully saturated rings. The minimum Gasteiger partial charge on any atom is -0.258 e. The molecule has 0 atom stereocenters. The first kappa shape index (κ1) is 6.51. The van der Waals surface area contributed by atoms with Crippen LogP contribution in [-0.4, -0.2) is 4.92 Å². The van der Waals surface area contributed by atoms with E-state index in [1.54, 1.807) is 0 Å². The van der Waals surface area contributed by atoms with Gasteiger partial charge in [-0.15, -0.1) is 11.3 Å². The predicted molar refractivity (Wildman–Crippen MR) is 36.0 cm³/mol. The number of rotatable bonds is 1. The average Bonchev–Trinajstić information content (AvgIpc) is 2.14. The first-order valence-corrected chi connectivity index (χ1v) is 3.34. The zero-order chi connectivity index (χ0) is 6.85. The Balaban J connectivity index is 2.98. The Morgan fingerprint density at radius 3 is 2.67 bits per heavy atom. The van der Waals surface area contributed by atoms with Gasteiger partial charge in [-0.2, -0.15) is 0 Å². The Morgan fingerprint density at radius 2 is 2.44 bits per heavy atom. The van der Waals surface area contributed by atoms with Gasteiger partial charge in [-0.3, -0.25) is 10.1 Å². The average molecular weight is 164 g/mol. The maximum absolute atomic E-state index is 9.97. The van der Waals surface area contributed by atoms with Crippen LogP contribution in [0, 0.1) is 10.1 Å². The van der Waals surface area contributed by atoms with Gasteiger partial charge in [0.05, 0.1) is 14.6 Å². The van der Waals surface area contributed by atoms with Crippen molar-refractivity contribution in [3.63, 3.8) is 0 Å². The quantitative estimate of drug-likeness (QED) is 0.471. The van der Waals surface area contributed by atoms with Gasteiger partial charge in [-0.05, 0) is 0 Å². The van der Waals surface area contributed by atoms with Crippen molar-refractivity contribution in [1.82, 2.24) is 0 Å². The lowest BCUT2D eigenvalue weighted by atomic mass is 10.6. The van der Waals surface area contributed by atoms with Crippen LogP contribution in [-0.2, 0) is 0 Å². The molecule has 0 saturated heterocycles. The van der Waals surface area contributed by atoms with E-state index >= 15 is 0 Å². The highest BCUT2D eigenvalue weighted by Crippen LogP contribution is 2.24. The van der Waals surface area contributed by atoms with Crippen molar-refractivity contribution >= 4 is 28.6 Å². The van der Waals surface area contributed by atoms with Crippen molar-refractivity contribution in [3.05, 3.63) is 25.9 Å². The molecule has 1 heterocycles. The lowest BCUT2D eigenvalue weighted by Gasteiger charge is -1.77. The number of hydrogen-bond acceptors (Lipinski definition) is 3. The second kappa shape index (κ2) is 2.33. The number of nitrogens with zero attached hydrogens (tertiary/aromatic N) is 1. The highest BCUT2D eigenvalue weighted by atomic mass is 35.5. The topological polar surface area (TPSA) is 43.1 Å². The molecule has 0 spiro atoms. The van der Waals surface area contributed by atoms with Gasteiger partial charge in [0.2, 0.25) is 0 Å². The fraction of sp³-hybridized carbons (Fsp3) is 0. The molecule has 0 aliphatic heterocycles. The van der Waals surface area contributed by atoms with Crippen LogP contribution in [0.5, 0.6) is 0 Å². The standard InChI is InChI=1S/C4H2ClNO2S/c5-4-1-3(2-9-4)6(7)8/h1-2H. The smallest absolute Gasteiger partial charge is 0.258 e. The van der Waals surface area contributed by atoms with Crippen LogP contribution in [0.2, 0.25) is 4.34 Å². The molecule has 0 amide bonds. The number of nitro groups is 1. The van der Waals surface area contributed by atoms with E-state index in [1.807, 2.05) is 0 Å². The fourth-order valence-corrected chi connectivity index (χ4v) is 1.22. The summed E-state index contributed by atoms with van der Waals surface area (Å²) in [5.41, 5.74) is 0.0602. The Bertz CT molecular complexity index is 234. The Kier molecular flexibility index (Phi) is 1.68. The zero-order valence-electron chi connectivity index (χ0n) is 4.20. The summed E-state index contributed by atoms with van der Waals surface area (Å²) in [7, 11) is 0. The molecule has 0 aromatic carbocycles. The molecule has 0 unspecified atom stereocenters. The second-order valence-electron chi connectivity index (χ2n) is 1.37. The first-order chi connectivity index (χ1) is 4.20. The van der Waals surface area contributed by atoms with Gasteiger partial charge in [0.15, 0.2) is 0 Å². The highest BCUT2D eigenvalue weighted by Gasteiger charge is 2.06. The summed E-state index contributed by atoms with van der Waals surface area (Å²) in [6, 6.07) is 1.33. The molecule has 0 N–H and O–H groups in total. The molecule has 0 aliphatic carbocycles. The van der Waals surface area contributed by atoms with Gasteiger partial charge in [-0.25, -0.2) is 0 Å². The molecule has 0 radical (unpaired) electrons. The van der Waals surface area contributed by atoms with E-state index in [0.29, 0.717) is 4.34 Å². The van der Waals surface area contributed by atoms with Crippen LogP contribution in [0.4, 0.5) is 5.69 Å². The van der Waals surface area contributed by atoms with Crippen LogP contribution < -0.4 is 0 Å². The molecule has 3 nitrogen and oxygen atoms in total. The van der Waals surface area contributed by atoms with Gasteiger partial charge in [-0.1, -0.05) is 11.6 Å². The van der Waals surface area contributed by atoms with Crippen LogP contribution in [0.15, 0.2) is 11.4 Å². The summed E-state index contributed by atoms with van der Waals surface area (Å²) in [6.07, 6.45) is 0. The third-order valence-electron chi connectivity index (χ3n) is 0.764. The van der Waals surface area contributed by atoms with Gasteiger partial charge in [0, 0.05) is 6.07 Å². The molecule has 1 aromatic heterocycles. The minimum absolute atomic E-state index is 0.0602.